The van der Waals surface area contributed by atoms with Gasteiger partial charge in [-0.2, -0.15) is 0 Å². The minimum absolute atomic E-state index is 0.193. The van der Waals surface area contributed by atoms with Crippen molar-refractivity contribution < 1.29 is 14.3 Å². The molecule has 1 unspecified atom stereocenters. The van der Waals surface area contributed by atoms with E-state index in [0.29, 0.717) is 35.8 Å². The Labute approximate surface area is 229 Å². The Kier molecular flexibility index (Phi) is 9.49. The van der Waals surface area contributed by atoms with Crippen molar-refractivity contribution in [2.45, 2.75) is 52.6 Å². The lowest BCUT2D eigenvalue weighted by molar-refractivity contribution is -0.134. The van der Waals surface area contributed by atoms with Crippen LogP contribution in [-0.2, 0) is 24.4 Å². The van der Waals surface area contributed by atoms with E-state index in [0.717, 1.165) is 44.1 Å². The molecule has 4 rings (SSSR count). The van der Waals surface area contributed by atoms with Gasteiger partial charge in [0.15, 0.2) is 0 Å². The maximum atomic E-state index is 14.2. The van der Waals surface area contributed by atoms with E-state index in [2.05, 4.69) is 43.4 Å². The van der Waals surface area contributed by atoms with Crippen molar-refractivity contribution in [2.24, 2.45) is 0 Å². The Bertz CT molecular complexity index is 1140. The lowest BCUT2D eigenvalue weighted by Gasteiger charge is -2.46. The average Bonchev–Trinajstić information content (AvgIpc) is 2.91. The number of carboxylic acid groups (broad SMARTS) is 1. The van der Waals surface area contributed by atoms with Crippen LogP contribution in [0.4, 0.5) is 4.39 Å². The first kappa shape index (κ1) is 28.2. The first-order chi connectivity index (χ1) is 18.3. The molecule has 10 heteroatoms. The summed E-state index contributed by atoms with van der Waals surface area (Å²) in [6.07, 6.45) is 8.84. The van der Waals surface area contributed by atoms with E-state index in [-0.39, 0.29) is 18.0 Å². The maximum Gasteiger partial charge on any atom is 0.335 e. The molecule has 38 heavy (non-hydrogen) atoms. The molecule has 1 saturated heterocycles. The van der Waals surface area contributed by atoms with Gasteiger partial charge in [0.1, 0.15) is 12.0 Å². The highest BCUT2D eigenvalue weighted by atomic mass is 35.5. The fraction of sp³-hybridized carbons (Fsp3) is 0.464. The Morgan fingerprint density at radius 3 is 2.47 bits per heavy atom. The number of piperazine rings is 1. The monoisotopic (exact) mass is 542 g/mol. The molecule has 0 amide bonds. The minimum atomic E-state index is -0.874. The Morgan fingerprint density at radius 1 is 1.16 bits per heavy atom. The highest BCUT2D eigenvalue weighted by Crippen LogP contribution is 2.25. The zero-order valence-electron chi connectivity index (χ0n) is 22.2. The van der Waals surface area contributed by atoms with Crippen LogP contribution < -0.4 is 0 Å². The van der Waals surface area contributed by atoms with Crippen molar-refractivity contribution >= 4 is 17.6 Å². The highest BCUT2D eigenvalue weighted by molar-refractivity contribution is 6.31. The third kappa shape index (κ3) is 6.77. The normalized spacial score (nSPS) is 18.9. The molecule has 1 aromatic heterocycles. The average molecular weight is 543 g/mol. The third-order valence-corrected chi connectivity index (χ3v) is 7.47. The molecule has 0 saturated carbocycles. The van der Waals surface area contributed by atoms with Crippen molar-refractivity contribution in [1.82, 2.24) is 29.6 Å². The molecule has 204 valence electrons. The van der Waals surface area contributed by atoms with Crippen LogP contribution in [0.1, 0.15) is 37.7 Å². The lowest BCUT2D eigenvalue weighted by Crippen LogP contribution is -2.57. The van der Waals surface area contributed by atoms with Gasteiger partial charge in [-0.25, -0.2) is 9.18 Å². The first-order valence-corrected chi connectivity index (χ1v) is 13.4. The number of benzene rings is 1. The summed E-state index contributed by atoms with van der Waals surface area (Å²) >= 11 is 6.21. The highest BCUT2D eigenvalue weighted by Gasteiger charge is 2.35. The third-order valence-electron chi connectivity index (χ3n) is 7.11. The van der Waals surface area contributed by atoms with E-state index >= 15 is 0 Å². The van der Waals surface area contributed by atoms with Gasteiger partial charge in [-0.15, -0.1) is 0 Å². The van der Waals surface area contributed by atoms with Crippen LogP contribution in [0.3, 0.4) is 0 Å². The van der Waals surface area contributed by atoms with Crippen LogP contribution >= 0.6 is 11.6 Å². The fourth-order valence-corrected chi connectivity index (χ4v) is 5.17. The predicted octanol–water partition coefficient (Wildman–Crippen LogP) is 3.98. The second kappa shape index (κ2) is 12.8. The molecule has 1 N–H and O–H groups in total. The molecule has 1 atom stereocenters. The van der Waals surface area contributed by atoms with Crippen molar-refractivity contribution in [2.75, 3.05) is 32.7 Å². The first-order valence-electron chi connectivity index (χ1n) is 13.1. The van der Waals surface area contributed by atoms with Crippen LogP contribution in [0.2, 0.25) is 5.02 Å². The molecule has 0 bridgehead atoms. The fourth-order valence-electron chi connectivity index (χ4n) is 4.95. The van der Waals surface area contributed by atoms with Gasteiger partial charge in [0, 0.05) is 68.6 Å². The van der Waals surface area contributed by atoms with Crippen molar-refractivity contribution in [3.8, 4) is 0 Å². The minimum Gasteiger partial charge on any atom is -0.478 e. The Morgan fingerprint density at radius 2 is 1.87 bits per heavy atom. The summed E-state index contributed by atoms with van der Waals surface area (Å²) in [6.45, 7) is 11.7. The van der Waals surface area contributed by atoms with Gasteiger partial charge in [0.25, 0.3) is 0 Å². The zero-order chi connectivity index (χ0) is 27.2. The van der Waals surface area contributed by atoms with Gasteiger partial charge in [-0.3, -0.25) is 24.7 Å². The smallest absolute Gasteiger partial charge is 0.335 e. The summed E-state index contributed by atoms with van der Waals surface area (Å²) in [5.41, 5.74) is 2.61. The maximum absolute atomic E-state index is 14.2. The van der Waals surface area contributed by atoms with E-state index < -0.39 is 5.97 Å². The van der Waals surface area contributed by atoms with Gasteiger partial charge >= 0.3 is 5.97 Å². The lowest BCUT2D eigenvalue weighted by atomic mass is 10.1. The summed E-state index contributed by atoms with van der Waals surface area (Å²) in [6, 6.07) is 4.94. The van der Waals surface area contributed by atoms with Crippen LogP contribution in [0.25, 0.3) is 0 Å². The molecule has 0 radical (unpaired) electrons. The van der Waals surface area contributed by atoms with E-state index in [9.17, 15) is 14.3 Å². The quantitative estimate of drug-likeness (QED) is 0.483. The standard InChI is InChI=1S/C28H36ClFN6O2/c1-4-33(19-24-25(29)8-5-9-26(24)30)17-21-15-32-22(16-31-21)18-34-11-13-35(14-12-34)27-23(28(37)38)7-6-10-36(27)20(2)3/h5-10,15-16,20,27H,4,11-14,17-19H2,1-3H3,(H,37,38). The summed E-state index contributed by atoms with van der Waals surface area (Å²) in [5, 5.41) is 10.2. The molecular formula is C28H36ClFN6O2. The number of rotatable bonds is 10. The second-order valence-electron chi connectivity index (χ2n) is 10.00. The molecule has 3 heterocycles. The zero-order valence-corrected chi connectivity index (χ0v) is 23.0. The van der Waals surface area contributed by atoms with Crippen LogP contribution in [0.5, 0.6) is 0 Å². The van der Waals surface area contributed by atoms with E-state index in [4.69, 9.17) is 11.6 Å². The number of aromatic nitrogens is 2. The van der Waals surface area contributed by atoms with E-state index in [1.54, 1.807) is 24.4 Å². The molecule has 8 nitrogen and oxygen atoms in total. The number of nitrogens with zero attached hydrogens (tertiary/aromatic N) is 6. The van der Waals surface area contributed by atoms with Gasteiger partial charge < -0.3 is 10.0 Å². The van der Waals surface area contributed by atoms with Crippen LogP contribution in [0.15, 0.2) is 54.5 Å². The largest absolute Gasteiger partial charge is 0.478 e. The van der Waals surface area contributed by atoms with Gasteiger partial charge in [-0.1, -0.05) is 24.6 Å². The van der Waals surface area contributed by atoms with Crippen LogP contribution in [-0.4, -0.2) is 85.6 Å². The molecule has 2 aliphatic rings. The number of allylic oxidation sites excluding steroid dienone is 2. The molecule has 2 aliphatic heterocycles. The SMILES string of the molecule is CCN(Cc1cnc(CN2CCN(C3C(C(=O)O)=CC=CN3C(C)C)CC2)cn1)Cc1c(F)cccc1Cl. The van der Waals surface area contributed by atoms with Crippen molar-refractivity contribution in [3.05, 3.63) is 82.3 Å². The summed E-state index contributed by atoms with van der Waals surface area (Å²) in [4.78, 5) is 29.9. The molecule has 2 aromatic rings. The topological polar surface area (TPSA) is 76.0 Å². The number of carbonyl (C=O) groups is 1. The predicted molar refractivity (Wildman–Crippen MR) is 146 cm³/mol. The van der Waals surface area contributed by atoms with Gasteiger partial charge in [0.2, 0.25) is 0 Å². The summed E-state index contributed by atoms with van der Waals surface area (Å²) in [5.74, 6) is -1.18. The van der Waals surface area contributed by atoms with Gasteiger partial charge in [-0.05, 0) is 44.7 Å². The van der Waals surface area contributed by atoms with E-state index in [1.807, 2.05) is 25.4 Å². The number of halogens is 2. The molecular weight excluding hydrogens is 507 g/mol. The summed E-state index contributed by atoms with van der Waals surface area (Å²) < 4.78 is 14.2. The van der Waals surface area contributed by atoms with Gasteiger partial charge in [0.05, 0.1) is 29.4 Å². The Hall–Kier alpha value is -2.85. The van der Waals surface area contributed by atoms with E-state index in [1.165, 1.54) is 6.07 Å². The molecule has 1 fully saturated rings. The Balaban J connectivity index is 1.32. The number of hydrogen-bond donors (Lipinski definition) is 1. The van der Waals surface area contributed by atoms with Crippen molar-refractivity contribution in [1.29, 1.82) is 0 Å². The molecule has 1 aromatic carbocycles. The summed E-state index contributed by atoms with van der Waals surface area (Å²) in [7, 11) is 0. The number of hydrogen-bond acceptors (Lipinski definition) is 7. The van der Waals surface area contributed by atoms with Crippen molar-refractivity contribution in [3.63, 3.8) is 0 Å². The molecule has 0 aliphatic carbocycles. The van der Waals surface area contributed by atoms with Crippen LogP contribution in [0, 0.1) is 5.82 Å². The second-order valence-corrected chi connectivity index (χ2v) is 10.4. The molecule has 0 spiro atoms. The number of carboxylic acids is 1. The number of aliphatic carboxylic acids is 1.